The highest BCUT2D eigenvalue weighted by Crippen LogP contribution is 2.21. The summed E-state index contributed by atoms with van der Waals surface area (Å²) in [6.45, 7) is 2.23. The fourth-order valence-corrected chi connectivity index (χ4v) is 4.49. The number of aromatic nitrogens is 2. The first-order chi connectivity index (χ1) is 19.3. The third kappa shape index (κ3) is 7.60. The van der Waals surface area contributed by atoms with Crippen LogP contribution in [-0.2, 0) is 16.0 Å². The number of allylic oxidation sites excluding steroid dienone is 1. The number of carbonyl (C=O) groups is 3. The molecule has 1 aliphatic rings. The van der Waals surface area contributed by atoms with Crippen LogP contribution in [0, 0.1) is 30.0 Å². The Morgan fingerprint density at radius 1 is 1.23 bits per heavy atom. The smallest absolute Gasteiger partial charge is 0.274 e. The van der Waals surface area contributed by atoms with Crippen molar-refractivity contribution in [3.8, 4) is 6.07 Å². The molecular formula is C29H29FN6O4. The Balaban J connectivity index is 1.61. The van der Waals surface area contributed by atoms with Crippen molar-refractivity contribution >= 4 is 23.3 Å². The molecular weight excluding hydrogens is 515 g/mol. The van der Waals surface area contributed by atoms with E-state index in [0.29, 0.717) is 30.0 Å². The monoisotopic (exact) mass is 544 g/mol. The maximum atomic E-state index is 13.7. The number of nitrogens with zero attached hydrogens (tertiary/aromatic N) is 3. The second-order valence-electron chi connectivity index (χ2n) is 9.57. The molecule has 0 saturated carbocycles. The van der Waals surface area contributed by atoms with E-state index in [1.807, 2.05) is 0 Å². The average Bonchev–Trinajstić information content (AvgIpc) is 3.40. The van der Waals surface area contributed by atoms with Crippen LogP contribution in [0.1, 0.15) is 46.8 Å². The van der Waals surface area contributed by atoms with Crippen LogP contribution >= 0.6 is 0 Å². The molecule has 1 fully saturated rings. The van der Waals surface area contributed by atoms with Gasteiger partial charge < -0.3 is 20.5 Å². The van der Waals surface area contributed by atoms with Crippen molar-refractivity contribution in [2.45, 2.75) is 44.7 Å². The van der Waals surface area contributed by atoms with Gasteiger partial charge in [-0.2, -0.15) is 5.26 Å². The summed E-state index contributed by atoms with van der Waals surface area (Å²) >= 11 is 0. The summed E-state index contributed by atoms with van der Waals surface area (Å²) in [7, 11) is 0. The van der Waals surface area contributed by atoms with Gasteiger partial charge in [0.2, 0.25) is 11.8 Å². The van der Waals surface area contributed by atoms with Crippen LogP contribution in [-0.4, -0.2) is 46.5 Å². The maximum absolute atomic E-state index is 13.7. The zero-order valence-electron chi connectivity index (χ0n) is 21.9. The molecule has 0 bridgehead atoms. The van der Waals surface area contributed by atoms with Gasteiger partial charge in [-0.05, 0) is 62.1 Å². The Kier molecular flexibility index (Phi) is 9.35. The van der Waals surface area contributed by atoms with E-state index >= 15 is 0 Å². The van der Waals surface area contributed by atoms with Crippen LogP contribution in [0.25, 0.3) is 5.57 Å². The van der Waals surface area contributed by atoms with E-state index in [1.165, 1.54) is 30.3 Å². The van der Waals surface area contributed by atoms with Gasteiger partial charge in [0.15, 0.2) is 5.69 Å². The van der Waals surface area contributed by atoms with Crippen LogP contribution in [0.4, 0.5) is 4.39 Å². The van der Waals surface area contributed by atoms with E-state index in [0.717, 1.165) is 6.42 Å². The minimum atomic E-state index is -1.08. The molecule has 3 N–H and O–H groups in total. The lowest BCUT2D eigenvalue weighted by Gasteiger charge is -2.27. The zero-order chi connectivity index (χ0) is 28.5. The van der Waals surface area contributed by atoms with Crippen molar-refractivity contribution in [2.24, 2.45) is 5.92 Å². The number of hydrogen-bond donors (Lipinski definition) is 3. The zero-order valence-corrected chi connectivity index (χ0v) is 21.9. The molecule has 0 radical (unpaired) electrons. The Hall–Kier alpha value is -4.85. The fourth-order valence-electron chi connectivity index (χ4n) is 4.49. The number of nitrogens with one attached hydrogen (secondary N) is 3. The highest BCUT2D eigenvalue weighted by atomic mass is 19.1. The number of piperidine rings is 1. The molecule has 3 heterocycles. The number of rotatable bonds is 10. The quantitative estimate of drug-likeness (QED) is 0.332. The highest BCUT2D eigenvalue weighted by molar-refractivity contribution is 5.96. The van der Waals surface area contributed by atoms with E-state index in [4.69, 9.17) is 4.52 Å². The van der Waals surface area contributed by atoms with Gasteiger partial charge in [-0.1, -0.05) is 23.4 Å². The Morgan fingerprint density at radius 2 is 2.02 bits per heavy atom. The summed E-state index contributed by atoms with van der Waals surface area (Å²) in [4.78, 5) is 43.3. The number of amides is 3. The summed E-state index contributed by atoms with van der Waals surface area (Å²) in [6.07, 6.45) is 4.88. The number of aryl methyl sites for hydroxylation is 1. The first-order valence-electron chi connectivity index (χ1n) is 12.9. The standard InChI is InChI=1S/C29H29FN6O4/c1-18-13-26(36-40-18)29(39)35-25(14-19-7-9-22(30)10-8-19)28(38)34-23(15-20-5-4-12-33-27(20)37)16-21(17-31)24-6-2-3-11-32-24/h2-3,6-11,13,16,20,23,25H,4-5,12,14-15H2,1H3,(H,33,37)(H,34,38)(H,35,39)/b21-16+/t20-,23-,25-/m0/s1. The van der Waals surface area contributed by atoms with Crippen LogP contribution in [0.2, 0.25) is 0 Å². The van der Waals surface area contributed by atoms with Gasteiger partial charge in [0.05, 0.1) is 11.3 Å². The summed E-state index contributed by atoms with van der Waals surface area (Å²) in [5.74, 6) is -1.66. The van der Waals surface area contributed by atoms with E-state index in [9.17, 15) is 24.0 Å². The van der Waals surface area contributed by atoms with Gasteiger partial charge in [0, 0.05) is 37.2 Å². The Bertz CT molecular complexity index is 1410. The molecule has 2 aromatic heterocycles. The first kappa shape index (κ1) is 28.2. The number of hydrogen-bond acceptors (Lipinski definition) is 7. The summed E-state index contributed by atoms with van der Waals surface area (Å²) in [5, 5.41) is 22.0. The molecule has 3 atom stereocenters. The third-order valence-corrected chi connectivity index (χ3v) is 6.53. The van der Waals surface area contributed by atoms with Gasteiger partial charge in [-0.15, -0.1) is 0 Å². The highest BCUT2D eigenvalue weighted by Gasteiger charge is 2.29. The molecule has 1 aromatic carbocycles. The van der Waals surface area contributed by atoms with Crippen molar-refractivity contribution in [3.05, 3.63) is 89.3 Å². The number of pyridine rings is 1. The van der Waals surface area contributed by atoms with Crippen LogP contribution < -0.4 is 16.0 Å². The van der Waals surface area contributed by atoms with Crippen molar-refractivity contribution in [2.75, 3.05) is 6.54 Å². The minimum absolute atomic E-state index is 0.00615. The van der Waals surface area contributed by atoms with Crippen LogP contribution in [0.5, 0.6) is 0 Å². The molecule has 10 nitrogen and oxygen atoms in total. The summed E-state index contributed by atoms with van der Waals surface area (Å²) in [5.41, 5.74) is 1.28. The molecule has 0 spiro atoms. The predicted molar refractivity (Wildman–Crippen MR) is 143 cm³/mol. The predicted octanol–water partition coefficient (Wildman–Crippen LogP) is 2.87. The maximum Gasteiger partial charge on any atom is 0.274 e. The molecule has 0 unspecified atom stereocenters. The normalized spacial score (nSPS) is 16.8. The van der Waals surface area contributed by atoms with E-state index in [-0.39, 0.29) is 35.9 Å². The van der Waals surface area contributed by atoms with Gasteiger partial charge >= 0.3 is 0 Å². The number of carbonyl (C=O) groups excluding carboxylic acids is 3. The second-order valence-corrected chi connectivity index (χ2v) is 9.57. The first-order valence-corrected chi connectivity index (χ1v) is 12.9. The molecule has 0 aliphatic carbocycles. The molecule has 11 heteroatoms. The lowest BCUT2D eigenvalue weighted by Crippen LogP contribution is -2.51. The summed E-state index contributed by atoms with van der Waals surface area (Å²) < 4.78 is 18.5. The van der Waals surface area contributed by atoms with Crippen LogP contribution in [0.15, 0.2) is 65.3 Å². The van der Waals surface area contributed by atoms with Gasteiger partial charge in [0.25, 0.3) is 5.91 Å². The number of benzene rings is 1. The summed E-state index contributed by atoms with van der Waals surface area (Å²) in [6, 6.07) is 12.5. The average molecular weight is 545 g/mol. The molecule has 1 saturated heterocycles. The fraction of sp³-hybridized carbons (Fsp3) is 0.310. The SMILES string of the molecule is Cc1cc(C(=O)N[C@@H](Cc2ccc(F)cc2)C(=O)N[C@H](/C=C(\C#N)c2ccccn2)C[C@@H]2CCCNC2=O)no1. The molecule has 206 valence electrons. The Morgan fingerprint density at radius 3 is 2.67 bits per heavy atom. The van der Waals surface area contributed by atoms with E-state index in [1.54, 1.807) is 37.4 Å². The third-order valence-electron chi connectivity index (χ3n) is 6.53. The lowest BCUT2D eigenvalue weighted by atomic mass is 9.90. The molecule has 40 heavy (non-hydrogen) atoms. The van der Waals surface area contributed by atoms with Crippen molar-refractivity contribution in [3.63, 3.8) is 0 Å². The van der Waals surface area contributed by atoms with Crippen LogP contribution in [0.3, 0.4) is 0 Å². The number of nitriles is 1. The van der Waals surface area contributed by atoms with Crippen molar-refractivity contribution < 1.29 is 23.3 Å². The van der Waals surface area contributed by atoms with Crippen molar-refractivity contribution in [1.82, 2.24) is 26.1 Å². The van der Waals surface area contributed by atoms with E-state index < -0.39 is 29.7 Å². The lowest BCUT2D eigenvalue weighted by molar-refractivity contribution is -0.128. The molecule has 3 amide bonds. The molecule has 4 rings (SSSR count). The van der Waals surface area contributed by atoms with E-state index in [2.05, 4.69) is 32.2 Å². The largest absolute Gasteiger partial charge is 0.361 e. The number of halogens is 1. The van der Waals surface area contributed by atoms with Gasteiger partial charge in [-0.25, -0.2) is 4.39 Å². The van der Waals surface area contributed by atoms with Gasteiger partial charge in [0.1, 0.15) is 23.7 Å². The molecule has 1 aliphatic heterocycles. The second kappa shape index (κ2) is 13.3. The van der Waals surface area contributed by atoms with Crippen molar-refractivity contribution in [1.29, 1.82) is 5.26 Å². The molecule has 3 aromatic rings. The topological polar surface area (TPSA) is 150 Å². The van der Waals surface area contributed by atoms with Gasteiger partial charge in [-0.3, -0.25) is 19.4 Å². The minimum Gasteiger partial charge on any atom is -0.361 e. The Labute approximate surface area is 230 Å².